The number of hydrogen-bond acceptors (Lipinski definition) is 6. The van der Waals surface area contributed by atoms with Crippen molar-refractivity contribution in [3.8, 4) is 0 Å². The highest BCUT2D eigenvalue weighted by atomic mass is 16.6. The van der Waals surface area contributed by atoms with Crippen molar-refractivity contribution in [1.29, 1.82) is 0 Å². The van der Waals surface area contributed by atoms with E-state index in [4.69, 9.17) is 14.2 Å². The topological polar surface area (TPSA) is 78.9 Å². The predicted molar refractivity (Wildman–Crippen MR) is 357 cm³/mol. The molecule has 82 heavy (non-hydrogen) atoms. The Kier molecular flexibility index (Phi) is 65.3. The normalized spacial score (nSPS) is 13.0. The van der Waals surface area contributed by atoms with Crippen LogP contribution in [-0.4, -0.2) is 37.2 Å². The van der Waals surface area contributed by atoms with Crippen LogP contribution in [0.15, 0.2) is 134 Å². The van der Waals surface area contributed by atoms with Crippen LogP contribution >= 0.6 is 0 Å². The van der Waals surface area contributed by atoms with Gasteiger partial charge < -0.3 is 14.2 Å². The molecule has 0 N–H and O–H groups in total. The molecule has 6 nitrogen and oxygen atoms in total. The van der Waals surface area contributed by atoms with E-state index in [9.17, 15) is 14.4 Å². The van der Waals surface area contributed by atoms with E-state index in [1.54, 1.807) is 0 Å². The van der Waals surface area contributed by atoms with Crippen LogP contribution in [0, 0.1) is 0 Å². The summed E-state index contributed by atoms with van der Waals surface area (Å²) in [6.45, 7) is 6.39. The lowest BCUT2D eigenvalue weighted by molar-refractivity contribution is -0.167. The number of carbonyl (C=O) groups excluding carboxylic acids is 3. The van der Waals surface area contributed by atoms with E-state index in [-0.39, 0.29) is 31.1 Å². The zero-order valence-electron chi connectivity index (χ0n) is 53.5. The third kappa shape index (κ3) is 66.4. The first-order chi connectivity index (χ1) is 40.5. The first-order valence-electron chi connectivity index (χ1n) is 34.2. The van der Waals surface area contributed by atoms with Crippen molar-refractivity contribution < 1.29 is 28.6 Å². The van der Waals surface area contributed by atoms with Crippen LogP contribution in [0.25, 0.3) is 0 Å². The fourth-order valence-corrected chi connectivity index (χ4v) is 9.32. The second kappa shape index (κ2) is 69.0. The molecule has 466 valence electrons. The molecule has 1 atom stereocenters. The predicted octanol–water partition coefficient (Wildman–Crippen LogP) is 23.7. The highest BCUT2D eigenvalue weighted by molar-refractivity contribution is 5.71. The standard InChI is InChI=1S/C76H126O6/c1-4-7-10-13-16-19-22-25-27-29-30-31-32-33-34-35-36-37-38-39-40-41-42-43-44-45-46-47-49-51-54-57-60-63-66-69-75(78)81-72-73(71-80-74(77)68-65-62-59-56-53-50-24-21-18-15-12-9-6-3)82-76(79)70-67-64-61-58-55-52-48-28-26-23-20-17-14-11-8-5-2/h7,9-10,12,16,18-19,21,25,27-28,30-31,33-34,36-37,39-40,48,50,53,73H,4-6,8,11,13-15,17,20,22-24,26,29,32,35,38,41-47,49,51-52,54-72H2,1-3H3/b10-7-,12-9-,19-16-,21-18-,27-25-,31-30-,34-33-,37-36-,40-39-,48-28-,53-50-. The third-order valence-electron chi connectivity index (χ3n) is 14.4. The first kappa shape index (κ1) is 77.5. The molecule has 0 bridgehead atoms. The Morgan fingerprint density at radius 1 is 0.256 bits per heavy atom. The van der Waals surface area contributed by atoms with Crippen molar-refractivity contribution in [2.45, 2.75) is 316 Å². The summed E-state index contributed by atoms with van der Waals surface area (Å²) in [4.78, 5) is 38.3. The van der Waals surface area contributed by atoms with Crippen molar-refractivity contribution >= 4 is 17.9 Å². The lowest BCUT2D eigenvalue weighted by Crippen LogP contribution is -2.30. The van der Waals surface area contributed by atoms with Gasteiger partial charge in [0.2, 0.25) is 0 Å². The van der Waals surface area contributed by atoms with Gasteiger partial charge in [-0.25, -0.2) is 0 Å². The monoisotopic (exact) mass is 1130 g/mol. The molecular weight excluding hydrogens is 1010 g/mol. The average molecular weight is 1140 g/mol. The Bertz CT molecular complexity index is 1730. The zero-order chi connectivity index (χ0) is 59.2. The molecule has 0 aromatic heterocycles. The largest absolute Gasteiger partial charge is 0.462 e. The molecule has 1 unspecified atom stereocenters. The van der Waals surface area contributed by atoms with Crippen LogP contribution in [-0.2, 0) is 28.6 Å². The molecule has 0 aliphatic rings. The number of hydrogen-bond donors (Lipinski definition) is 0. The number of allylic oxidation sites excluding steroid dienone is 22. The molecule has 0 aromatic rings. The molecule has 0 rings (SSSR count). The lowest BCUT2D eigenvalue weighted by Gasteiger charge is -2.18. The van der Waals surface area contributed by atoms with Crippen LogP contribution in [0.1, 0.15) is 310 Å². The minimum absolute atomic E-state index is 0.0923. The van der Waals surface area contributed by atoms with Gasteiger partial charge in [-0.15, -0.1) is 0 Å². The highest BCUT2D eigenvalue weighted by Crippen LogP contribution is 2.16. The molecule has 0 saturated heterocycles. The molecule has 0 aliphatic carbocycles. The lowest BCUT2D eigenvalue weighted by atomic mass is 10.0. The van der Waals surface area contributed by atoms with Gasteiger partial charge in [0, 0.05) is 19.3 Å². The molecule has 0 spiro atoms. The van der Waals surface area contributed by atoms with Crippen LogP contribution in [0.5, 0.6) is 0 Å². The molecule has 0 aliphatic heterocycles. The number of unbranched alkanes of at least 4 members (excludes halogenated alkanes) is 28. The van der Waals surface area contributed by atoms with E-state index in [0.717, 1.165) is 141 Å². The maximum absolute atomic E-state index is 12.9. The zero-order valence-corrected chi connectivity index (χ0v) is 53.5. The van der Waals surface area contributed by atoms with E-state index >= 15 is 0 Å². The second-order valence-electron chi connectivity index (χ2n) is 22.3. The number of carbonyl (C=O) groups is 3. The maximum Gasteiger partial charge on any atom is 0.306 e. The molecular formula is C76H126O6. The fourth-order valence-electron chi connectivity index (χ4n) is 9.32. The number of esters is 3. The molecule has 0 saturated carbocycles. The molecule has 0 fully saturated rings. The van der Waals surface area contributed by atoms with Crippen molar-refractivity contribution in [3.63, 3.8) is 0 Å². The summed E-state index contributed by atoms with van der Waals surface area (Å²) in [6.07, 6.45) is 97.7. The van der Waals surface area contributed by atoms with E-state index < -0.39 is 6.10 Å². The summed E-state index contributed by atoms with van der Waals surface area (Å²) >= 11 is 0. The summed E-state index contributed by atoms with van der Waals surface area (Å²) in [5, 5.41) is 0. The van der Waals surface area contributed by atoms with Crippen LogP contribution in [0.3, 0.4) is 0 Å². The van der Waals surface area contributed by atoms with E-state index in [1.165, 1.54) is 128 Å². The Hall–Kier alpha value is -4.45. The molecule has 0 heterocycles. The van der Waals surface area contributed by atoms with Crippen molar-refractivity contribution in [2.24, 2.45) is 0 Å². The molecule has 0 radical (unpaired) electrons. The minimum atomic E-state index is -0.798. The second-order valence-corrected chi connectivity index (χ2v) is 22.3. The van der Waals surface area contributed by atoms with E-state index in [0.29, 0.717) is 19.3 Å². The number of rotatable bonds is 61. The quantitative estimate of drug-likeness (QED) is 0.0261. The van der Waals surface area contributed by atoms with Crippen molar-refractivity contribution in [3.05, 3.63) is 134 Å². The van der Waals surface area contributed by atoms with Gasteiger partial charge in [-0.2, -0.15) is 0 Å². The summed E-state index contributed by atoms with van der Waals surface area (Å²) in [6, 6.07) is 0. The van der Waals surface area contributed by atoms with Gasteiger partial charge in [0.15, 0.2) is 6.10 Å². The van der Waals surface area contributed by atoms with E-state index in [2.05, 4.69) is 154 Å². The third-order valence-corrected chi connectivity index (χ3v) is 14.4. The van der Waals surface area contributed by atoms with E-state index in [1.807, 2.05) is 0 Å². The SMILES string of the molecule is CC/C=C\C/C=C\C/C=C\C/C=C\C/C=C\C/C=C\C/C=C\CCCCCCCCCCCCCCCC(=O)OCC(COC(=O)CCCCC/C=C\C/C=C\C/C=C\CC)OC(=O)CCCCCCC/C=C\CCCCCCCCC. The van der Waals surface area contributed by atoms with Crippen molar-refractivity contribution in [1.82, 2.24) is 0 Å². The van der Waals surface area contributed by atoms with Gasteiger partial charge in [-0.3, -0.25) is 14.4 Å². The molecule has 0 aromatic carbocycles. The van der Waals surface area contributed by atoms with Gasteiger partial charge in [0.25, 0.3) is 0 Å². The summed E-state index contributed by atoms with van der Waals surface area (Å²) < 4.78 is 16.9. The van der Waals surface area contributed by atoms with Crippen molar-refractivity contribution in [2.75, 3.05) is 13.2 Å². The Morgan fingerprint density at radius 3 is 0.768 bits per heavy atom. The maximum atomic E-state index is 12.9. The van der Waals surface area contributed by atoms with Gasteiger partial charge in [-0.05, 0) is 135 Å². The molecule has 0 amide bonds. The Morgan fingerprint density at radius 2 is 0.476 bits per heavy atom. The van der Waals surface area contributed by atoms with Gasteiger partial charge >= 0.3 is 17.9 Å². The summed E-state index contributed by atoms with van der Waals surface area (Å²) in [5.41, 5.74) is 0. The molecule has 6 heteroatoms. The summed E-state index contributed by atoms with van der Waals surface area (Å²) in [5.74, 6) is -0.926. The Balaban J connectivity index is 4.21. The van der Waals surface area contributed by atoms with Crippen LogP contribution < -0.4 is 0 Å². The average Bonchev–Trinajstić information content (AvgIpc) is 3.47. The fraction of sp³-hybridized carbons (Fsp3) is 0.671. The van der Waals surface area contributed by atoms with Crippen LogP contribution in [0.2, 0.25) is 0 Å². The first-order valence-corrected chi connectivity index (χ1v) is 34.2. The van der Waals surface area contributed by atoms with Gasteiger partial charge in [-0.1, -0.05) is 289 Å². The highest BCUT2D eigenvalue weighted by Gasteiger charge is 2.19. The van der Waals surface area contributed by atoms with Gasteiger partial charge in [0.05, 0.1) is 0 Å². The summed E-state index contributed by atoms with van der Waals surface area (Å²) in [7, 11) is 0. The number of ether oxygens (including phenoxy) is 3. The Labute approximate surface area is 506 Å². The smallest absolute Gasteiger partial charge is 0.306 e. The van der Waals surface area contributed by atoms with Gasteiger partial charge in [0.1, 0.15) is 13.2 Å². The van der Waals surface area contributed by atoms with Crippen LogP contribution in [0.4, 0.5) is 0 Å². The minimum Gasteiger partial charge on any atom is -0.462 e.